The standard InChI is InChI=1S/C31H56N10O11S/c1-17(34)26(46)38-20(11-14-53-2)29(49)41-22(15-23(35)42)30(50)39-18(7-3-5-12-32)28(48)40-19(9-10-25(44)45)27(47)36-16-24(43)37-21(31(51)52)8-4-6-13-33/h17-22H,3-16,32-34H2,1-2H3,(H2,35,42)(H,36,47)(H,37,43)(H,38,46)(H,39,50)(H,40,48)(H,41,49)(H,44,45)(H,51,52)/t17-,18-,19-,20-,21-,22-/m0/s1. The van der Waals surface area contributed by atoms with Gasteiger partial charge in [-0.05, 0) is 83.4 Å². The predicted octanol–water partition coefficient (Wildman–Crippen LogP) is -4.29. The number of carboxylic acid groups (broad SMARTS) is 2. The number of hydrogen-bond donors (Lipinski definition) is 12. The maximum absolute atomic E-state index is 13.5. The van der Waals surface area contributed by atoms with Gasteiger partial charge in [-0.1, -0.05) is 0 Å². The second kappa shape index (κ2) is 27.1. The smallest absolute Gasteiger partial charge is 0.326 e. The van der Waals surface area contributed by atoms with Crippen molar-refractivity contribution in [2.24, 2.45) is 22.9 Å². The highest BCUT2D eigenvalue weighted by Crippen LogP contribution is 2.08. The minimum atomic E-state index is -1.59. The molecule has 16 N–H and O–H groups in total. The number of carboxylic acids is 2. The fourth-order valence-corrected chi connectivity index (χ4v) is 5.09. The van der Waals surface area contributed by atoms with E-state index in [1.165, 1.54) is 18.7 Å². The van der Waals surface area contributed by atoms with Crippen molar-refractivity contribution >= 4 is 65.1 Å². The lowest BCUT2D eigenvalue weighted by atomic mass is 10.0. The molecule has 0 heterocycles. The van der Waals surface area contributed by atoms with Gasteiger partial charge in [0.1, 0.15) is 30.2 Å². The number of carbonyl (C=O) groups is 9. The van der Waals surface area contributed by atoms with Crippen LogP contribution < -0.4 is 54.8 Å². The Hall–Kier alpha value is -4.54. The summed E-state index contributed by atoms with van der Waals surface area (Å²) in [6, 6.07) is -7.83. The van der Waals surface area contributed by atoms with Crippen molar-refractivity contribution in [1.29, 1.82) is 0 Å². The molecule has 0 aliphatic heterocycles. The van der Waals surface area contributed by atoms with E-state index >= 15 is 0 Å². The molecule has 0 fully saturated rings. The highest BCUT2D eigenvalue weighted by molar-refractivity contribution is 7.98. The Labute approximate surface area is 312 Å². The highest BCUT2D eigenvalue weighted by Gasteiger charge is 2.32. The summed E-state index contributed by atoms with van der Waals surface area (Å²) in [5, 5.41) is 32.8. The van der Waals surface area contributed by atoms with Gasteiger partial charge < -0.3 is 65.0 Å². The molecule has 0 aromatic rings. The number of amides is 7. The summed E-state index contributed by atoms with van der Waals surface area (Å²) in [5.41, 5.74) is 22.0. The number of carbonyl (C=O) groups excluding carboxylic acids is 7. The van der Waals surface area contributed by atoms with Crippen LogP contribution in [0.2, 0.25) is 0 Å². The van der Waals surface area contributed by atoms with E-state index in [4.69, 9.17) is 22.9 Å². The van der Waals surface area contributed by atoms with Crippen LogP contribution in [-0.4, -0.2) is 131 Å². The third-order valence-corrected chi connectivity index (χ3v) is 8.20. The average molecular weight is 777 g/mol. The van der Waals surface area contributed by atoms with Crippen molar-refractivity contribution in [3.8, 4) is 0 Å². The lowest BCUT2D eigenvalue weighted by molar-refractivity contribution is -0.142. The van der Waals surface area contributed by atoms with Gasteiger partial charge in [0.15, 0.2) is 0 Å². The molecule has 0 saturated heterocycles. The quantitative estimate of drug-likeness (QED) is 0.0320. The lowest BCUT2D eigenvalue weighted by Gasteiger charge is -2.26. The number of nitrogens with two attached hydrogens (primary N) is 4. The van der Waals surface area contributed by atoms with Crippen LogP contribution in [0.5, 0.6) is 0 Å². The number of unbranched alkanes of at least 4 members (excludes halogenated alkanes) is 2. The summed E-state index contributed by atoms with van der Waals surface area (Å²) in [7, 11) is 0. The molecule has 6 atom stereocenters. The van der Waals surface area contributed by atoms with E-state index in [0.29, 0.717) is 38.0 Å². The number of nitrogens with one attached hydrogen (secondary N) is 6. The maximum atomic E-state index is 13.5. The Bertz CT molecular complexity index is 1260. The second-order valence-electron chi connectivity index (χ2n) is 12.2. The minimum absolute atomic E-state index is 0.0385. The molecule has 53 heavy (non-hydrogen) atoms. The van der Waals surface area contributed by atoms with E-state index in [0.717, 1.165) is 0 Å². The predicted molar refractivity (Wildman–Crippen MR) is 193 cm³/mol. The maximum Gasteiger partial charge on any atom is 0.326 e. The molecular weight excluding hydrogens is 720 g/mol. The Morgan fingerprint density at radius 3 is 1.57 bits per heavy atom. The lowest BCUT2D eigenvalue weighted by Crippen LogP contribution is -2.59. The second-order valence-corrected chi connectivity index (χ2v) is 13.1. The van der Waals surface area contributed by atoms with Gasteiger partial charge in [-0.2, -0.15) is 11.8 Å². The summed E-state index contributed by atoms with van der Waals surface area (Å²) in [6.45, 7) is 1.27. The molecule has 0 aromatic heterocycles. The summed E-state index contributed by atoms with van der Waals surface area (Å²) in [4.78, 5) is 113. The summed E-state index contributed by atoms with van der Waals surface area (Å²) >= 11 is 1.39. The number of rotatable bonds is 29. The number of thioether (sulfide) groups is 1. The van der Waals surface area contributed by atoms with Gasteiger partial charge >= 0.3 is 11.9 Å². The molecule has 0 spiro atoms. The van der Waals surface area contributed by atoms with E-state index < -0.39 is 115 Å². The minimum Gasteiger partial charge on any atom is -0.481 e. The Balaban J connectivity index is 6.03. The van der Waals surface area contributed by atoms with Crippen LogP contribution in [0.15, 0.2) is 0 Å². The average Bonchev–Trinajstić information content (AvgIpc) is 3.08. The monoisotopic (exact) mass is 776 g/mol. The zero-order chi connectivity index (χ0) is 40.5. The molecular formula is C31H56N10O11S. The van der Waals surface area contributed by atoms with Crippen LogP contribution >= 0.6 is 11.8 Å². The van der Waals surface area contributed by atoms with Crippen molar-refractivity contribution < 1.29 is 53.4 Å². The Morgan fingerprint density at radius 1 is 0.623 bits per heavy atom. The molecule has 22 heteroatoms. The normalized spacial score (nSPS) is 14.2. The fourth-order valence-electron chi connectivity index (χ4n) is 4.62. The van der Waals surface area contributed by atoms with Crippen molar-refractivity contribution in [2.45, 2.75) is 107 Å². The number of aliphatic carboxylic acids is 2. The van der Waals surface area contributed by atoms with E-state index in [-0.39, 0.29) is 25.8 Å². The first-order valence-corrected chi connectivity index (χ1v) is 18.5. The van der Waals surface area contributed by atoms with Gasteiger partial charge in [-0.25, -0.2) is 4.79 Å². The summed E-state index contributed by atoms with van der Waals surface area (Å²) in [5.74, 6) is -8.37. The first kappa shape index (κ1) is 48.5. The van der Waals surface area contributed by atoms with Gasteiger partial charge in [0.05, 0.1) is 19.0 Å². The van der Waals surface area contributed by atoms with Crippen molar-refractivity contribution in [2.75, 3.05) is 31.6 Å². The molecule has 7 amide bonds. The Morgan fingerprint density at radius 2 is 1.09 bits per heavy atom. The highest BCUT2D eigenvalue weighted by atomic mass is 32.2. The topological polar surface area (TPSA) is 370 Å². The Kier molecular flexibility index (Phi) is 24.8. The molecule has 302 valence electrons. The fraction of sp³-hybridized carbons (Fsp3) is 0.710. The van der Waals surface area contributed by atoms with Crippen LogP contribution in [0.1, 0.15) is 71.1 Å². The molecule has 0 radical (unpaired) electrons. The molecule has 21 nitrogen and oxygen atoms in total. The molecule has 0 aliphatic rings. The van der Waals surface area contributed by atoms with Gasteiger partial charge in [0.25, 0.3) is 0 Å². The molecule has 0 unspecified atom stereocenters. The first-order valence-electron chi connectivity index (χ1n) is 17.1. The molecule has 0 rings (SSSR count). The van der Waals surface area contributed by atoms with Crippen LogP contribution in [0.25, 0.3) is 0 Å². The van der Waals surface area contributed by atoms with Gasteiger partial charge in [-0.3, -0.25) is 38.4 Å². The van der Waals surface area contributed by atoms with E-state index in [1.54, 1.807) is 6.26 Å². The van der Waals surface area contributed by atoms with Gasteiger partial charge in [0, 0.05) is 6.42 Å². The van der Waals surface area contributed by atoms with Crippen molar-refractivity contribution in [1.82, 2.24) is 31.9 Å². The molecule has 0 aromatic carbocycles. The van der Waals surface area contributed by atoms with Gasteiger partial charge in [0.2, 0.25) is 41.4 Å². The van der Waals surface area contributed by atoms with Crippen LogP contribution in [0.3, 0.4) is 0 Å². The zero-order valence-electron chi connectivity index (χ0n) is 30.1. The van der Waals surface area contributed by atoms with E-state index in [1.807, 2.05) is 0 Å². The van der Waals surface area contributed by atoms with E-state index in [2.05, 4.69) is 31.9 Å². The van der Waals surface area contributed by atoms with Crippen LogP contribution in [0, 0.1) is 0 Å². The van der Waals surface area contributed by atoms with Crippen molar-refractivity contribution in [3.63, 3.8) is 0 Å². The summed E-state index contributed by atoms with van der Waals surface area (Å²) in [6.07, 6.45) is 1.94. The van der Waals surface area contributed by atoms with Crippen LogP contribution in [-0.2, 0) is 43.2 Å². The first-order chi connectivity index (χ1) is 25.0. The zero-order valence-corrected chi connectivity index (χ0v) is 31.0. The third kappa shape index (κ3) is 21.6. The van der Waals surface area contributed by atoms with E-state index in [9.17, 15) is 53.4 Å². The third-order valence-electron chi connectivity index (χ3n) is 7.56. The molecule has 0 bridgehead atoms. The van der Waals surface area contributed by atoms with Gasteiger partial charge in [-0.15, -0.1) is 0 Å². The van der Waals surface area contributed by atoms with Crippen LogP contribution in [0.4, 0.5) is 0 Å². The summed E-state index contributed by atoms with van der Waals surface area (Å²) < 4.78 is 0. The molecule has 0 saturated carbocycles. The molecule has 0 aliphatic carbocycles. The number of primary amides is 1. The SMILES string of the molecule is CSCC[C@H](NC(=O)[C@H](C)N)C(=O)N[C@@H](CC(N)=O)C(=O)N[C@@H](CCCCN)C(=O)N[C@@H](CCC(=O)O)C(=O)NCC(=O)N[C@@H](CCCCN)C(=O)O. The largest absolute Gasteiger partial charge is 0.481 e. The van der Waals surface area contributed by atoms with Crippen molar-refractivity contribution in [3.05, 3.63) is 0 Å². The number of hydrogen-bond acceptors (Lipinski definition) is 13.